The van der Waals surface area contributed by atoms with E-state index < -0.39 is 12.2 Å². The monoisotopic (exact) mass is 229 g/mol. The first-order valence-corrected chi connectivity index (χ1v) is 5.04. The van der Waals surface area contributed by atoms with Crippen molar-refractivity contribution >= 4 is 5.97 Å². The van der Waals surface area contributed by atoms with Crippen LogP contribution in [0.1, 0.15) is 22.1 Å². The molecule has 0 aliphatic rings. The number of rotatable bonds is 3. The van der Waals surface area contributed by atoms with Gasteiger partial charge in [0.2, 0.25) is 0 Å². The van der Waals surface area contributed by atoms with E-state index in [2.05, 4.69) is 9.97 Å². The van der Waals surface area contributed by atoms with Crippen molar-refractivity contribution in [1.82, 2.24) is 9.97 Å². The maximum absolute atomic E-state index is 11.7. The Labute approximate surface area is 98.3 Å². The highest BCUT2D eigenvalue weighted by molar-refractivity contribution is 5.89. The van der Waals surface area contributed by atoms with Crippen molar-refractivity contribution in [2.24, 2.45) is 5.73 Å². The summed E-state index contributed by atoms with van der Waals surface area (Å²) in [5.74, 6) is -0.505. The van der Waals surface area contributed by atoms with Gasteiger partial charge in [-0.25, -0.2) is 4.79 Å². The van der Waals surface area contributed by atoms with Crippen LogP contribution in [0.2, 0.25) is 0 Å². The maximum Gasteiger partial charge on any atom is 0.341 e. The molecule has 5 heteroatoms. The smallest absolute Gasteiger partial charge is 0.341 e. The minimum absolute atomic E-state index is 0.367. The molecule has 0 aliphatic heterocycles. The van der Waals surface area contributed by atoms with Crippen LogP contribution in [0.15, 0.2) is 49.1 Å². The molecule has 0 saturated carbocycles. The van der Waals surface area contributed by atoms with Gasteiger partial charge in [0.05, 0.1) is 5.56 Å². The second-order valence-electron chi connectivity index (χ2n) is 3.35. The molecular formula is C12H11N3O2. The first-order valence-electron chi connectivity index (χ1n) is 5.04. The quantitative estimate of drug-likeness (QED) is 0.633. The fourth-order valence-electron chi connectivity index (χ4n) is 1.28. The van der Waals surface area contributed by atoms with Crippen LogP contribution in [0.5, 0.6) is 0 Å². The van der Waals surface area contributed by atoms with Crippen LogP contribution < -0.4 is 5.73 Å². The predicted molar refractivity (Wildman–Crippen MR) is 60.8 cm³/mol. The summed E-state index contributed by atoms with van der Waals surface area (Å²) in [4.78, 5) is 19.4. The number of esters is 1. The van der Waals surface area contributed by atoms with E-state index in [1.165, 1.54) is 6.20 Å². The lowest BCUT2D eigenvalue weighted by molar-refractivity contribution is 0.0310. The minimum atomic E-state index is -0.823. The maximum atomic E-state index is 11.7. The molecule has 1 unspecified atom stereocenters. The normalized spacial score (nSPS) is 11.8. The first kappa shape index (κ1) is 11.2. The number of nitrogens with zero attached hydrogens (tertiary/aromatic N) is 2. The van der Waals surface area contributed by atoms with Crippen LogP contribution in [-0.2, 0) is 4.74 Å². The second kappa shape index (κ2) is 5.18. The van der Waals surface area contributed by atoms with Crippen molar-refractivity contribution in [3.05, 3.63) is 60.2 Å². The molecular weight excluding hydrogens is 218 g/mol. The Morgan fingerprint density at radius 2 is 1.88 bits per heavy atom. The Bertz CT molecular complexity index is 488. The van der Waals surface area contributed by atoms with E-state index in [1.807, 2.05) is 0 Å². The van der Waals surface area contributed by atoms with E-state index in [0.29, 0.717) is 11.1 Å². The fourth-order valence-corrected chi connectivity index (χ4v) is 1.28. The highest BCUT2D eigenvalue weighted by Crippen LogP contribution is 2.12. The Morgan fingerprint density at radius 3 is 2.47 bits per heavy atom. The molecule has 17 heavy (non-hydrogen) atoms. The number of hydrogen-bond donors (Lipinski definition) is 1. The van der Waals surface area contributed by atoms with Crippen molar-refractivity contribution in [1.29, 1.82) is 0 Å². The van der Waals surface area contributed by atoms with Crippen molar-refractivity contribution in [3.63, 3.8) is 0 Å². The summed E-state index contributed by atoms with van der Waals surface area (Å²) in [5, 5.41) is 0. The molecule has 2 aromatic rings. The van der Waals surface area contributed by atoms with Crippen LogP contribution in [-0.4, -0.2) is 15.9 Å². The number of ether oxygens (including phenoxy) is 1. The molecule has 0 saturated heterocycles. The van der Waals surface area contributed by atoms with Gasteiger partial charge in [-0.05, 0) is 18.2 Å². The van der Waals surface area contributed by atoms with Gasteiger partial charge in [0.15, 0.2) is 6.23 Å². The first-order chi connectivity index (χ1) is 8.27. The molecule has 0 radical (unpaired) electrons. The van der Waals surface area contributed by atoms with E-state index in [0.717, 1.165) is 0 Å². The molecule has 0 spiro atoms. The predicted octanol–water partition coefficient (Wildman–Crippen LogP) is 1.29. The minimum Gasteiger partial charge on any atom is -0.439 e. The Balaban J connectivity index is 2.05. The number of pyridine rings is 2. The van der Waals surface area contributed by atoms with E-state index in [-0.39, 0.29) is 0 Å². The van der Waals surface area contributed by atoms with E-state index in [1.54, 1.807) is 42.9 Å². The number of nitrogens with two attached hydrogens (primary N) is 1. The summed E-state index contributed by atoms with van der Waals surface area (Å²) in [6, 6.07) is 6.75. The lowest BCUT2D eigenvalue weighted by Gasteiger charge is -2.12. The lowest BCUT2D eigenvalue weighted by atomic mass is 10.2. The molecule has 2 rings (SSSR count). The molecule has 1 atom stereocenters. The summed E-state index contributed by atoms with van der Waals surface area (Å²) < 4.78 is 5.08. The van der Waals surface area contributed by atoms with Gasteiger partial charge in [-0.3, -0.25) is 15.7 Å². The summed E-state index contributed by atoms with van der Waals surface area (Å²) in [7, 11) is 0. The van der Waals surface area contributed by atoms with Gasteiger partial charge in [0, 0.05) is 30.4 Å². The van der Waals surface area contributed by atoms with Crippen molar-refractivity contribution in [2.45, 2.75) is 6.23 Å². The molecule has 2 heterocycles. The van der Waals surface area contributed by atoms with Crippen LogP contribution >= 0.6 is 0 Å². The molecule has 0 fully saturated rings. The van der Waals surface area contributed by atoms with Gasteiger partial charge in [-0.15, -0.1) is 0 Å². The van der Waals surface area contributed by atoms with Crippen LogP contribution in [0, 0.1) is 0 Å². The van der Waals surface area contributed by atoms with Crippen LogP contribution in [0.4, 0.5) is 0 Å². The average molecular weight is 229 g/mol. The number of carbonyl (C=O) groups is 1. The Hall–Kier alpha value is -2.27. The largest absolute Gasteiger partial charge is 0.439 e. The van der Waals surface area contributed by atoms with E-state index in [9.17, 15) is 4.79 Å². The molecule has 86 valence electrons. The summed E-state index contributed by atoms with van der Waals surface area (Å²) >= 11 is 0. The molecule has 2 N–H and O–H groups in total. The highest BCUT2D eigenvalue weighted by atomic mass is 16.6. The van der Waals surface area contributed by atoms with Gasteiger partial charge < -0.3 is 4.74 Å². The fraction of sp³-hybridized carbons (Fsp3) is 0.0833. The van der Waals surface area contributed by atoms with E-state index in [4.69, 9.17) is 10.5 Å². The summed E-state index contributed by atoms with van der Waals surface area (Å²) in [6.07, 6.45) is 5.37. The standard InChI is InChI=1S/C12H11N3O2/c13-11(9-3-1-5-14-7-9)17-12(16)10-4-2-6-15-8-10/h1-8,11H,13H2. The van der Waals surface area contributed by atoms with Crippen molar-refractivity contribution in [2.75, 3.05) is 0 Å². The third-order valence-electron chi connectivity index (χ3n) is 2.14. The lowest BCUT2D eigenvalue weighted by Crippen LogP contribution is -2.19. The van der Waals surface area contributed by atoms with Crippen LogP contribution in [0.25, 0.3) is 0 Å². The summed E-state index contributed by atoms with van der Waals surface area (Å²) in [5.41, 5.74) is 6.74. The van der Waals surface area contributed by atoms with Crippen LogP contribution in [0.3, 0.4) is 0 Å². The molecule has 0 aliphatic carbocycles. The number of carbonyl (C=O) groups excluding carboxylic acids is 1. The van der Waals surface area contributed by atoms with E-state index >= 15 is 0 Å². The molecule has 0 bridgehead atoms. The zero-order valence-corrected chi connectivity index (χ0v) is 8.98. The average Bonchev–Trinajstić information content (AvgIpc) is 2.40. The third-order valence-corrected chi connectivity index (χ3v) is 2.14. The molecule has 0 aromatic carbocycles. The topological polar surface area (TPSA) is 78.1 Å². The van der Waals surface area contributed by atoms with Gasteiger partial charge in [0.25, 0.3) is 0 Å². The highest BCUT2D eigenvalue weighted by Gasteiger charge is 2.13. The zero-order valence-electron chi connectivity index (χ0n) is 8.98. The SMILES string of the molecule is NC(OC(=O)c1cccnc1)c1cccnc1. The third kappa shape index (κ3) is 2.85. The second-order valence-corrected chi connectivity index (χ2v) is 3.35. The van der Waals surface area contributed by atoms with Gasteiger partial charge in [-0.1, -0.05) is 6.07 Å². The Kier molecular flexibility index (Phi) is 3.42. The van der Waals surface area contributed by atoms with Gasteiger partial charge in [0.1, 0.15) is 0 Å². The molecule has 2 aromatic heterocycles. The number of hydrogen-bond acceptors (Lipinski definition) is 5. The van der Waals surface area contributed by atoms with Crippen molar-refractivity contribution in [3.8, 4) is 0 Å². The molecule has 0 amide bonds. The van der Waals surface area contributed by atoms with Crippen molar-refractivity contribution < 1.29 is 9.53 Å². The Morgan fingerprint density at radius 1 is 1.18 bits per heavy atom. The van der Waals surface area contributed by atoms with Gasteiger partial charge >= 0.3 is 5.97 Å². The zero-order chi connectivity index (χ0) is 12.1. The molecule has 5 nitrogen and oxygen atoms in total. The van der Waals surface area contributed by atoms with Gasteiger partial charge in [-0.2, -0.15) is 0 Å². The number of aromatic nitrogens is 2. The summed E-state index contributed by atoms with van der Waals surface area (Å²) in [6.45, 7) is 0.